The van der Waals surface area contributed by atoms with Crippen molar-refractivity contribution >= 4 is 46.0 Å². The molecule has 2 aromatic carbocycles. The van der Waals surface area contributed by atoms with Gasteiger partial charge in [-0.1, -0.05) is 113 Å². The van der Waals surface area contributed by atoms with Crippen LogP contribution in [0.5, 0.6) is 0 Å². The first-order valence-electron chi connectivity index (χ1n) is 18.7. The third kappa shape index (κ3) is 8.35. The van der Waals surface area contributed by atoms with Crippen LogP contribution in [0.1, 0.15) is 93.5 Å². The van der Waals surface area contributed by atoms with Crippen LogP contribution in [-0.2, 0) is 5.41 Å². The fraction of sp³-hybridized carbons (Fsp3) is 0.354. The zero-order valence-corrected chi connectivity index (χ0v) is 35.1. The largest absolute Gasteiger partial charge is 0.378 e. The van der Waals surface area contributed by atoms with Crippen LogP contribution in [0, 0.1) is 19.3 Å². The van der Waals surface area contributed by atoms with Crippen LogP contribution >= 0.6 is 23.1 Å². The van der Waals surface area contributed by atoms with Crippen molar-refractivity contribution in [2.45, 2.75) is 85.0 Å². The highest BCUT2D eigenvalue weighted by Crippen LogP contribution is 2.48. The minimum atomic E-state index is 0.0684. The number of thioether (sulfide) groups is 1. The number of anilines is 1. The van der Waals surface area contributed by atoms with Gasteiger partial charge in [-0.05, 0) is 124 Å². The van der Waals surface area contributed by atoms with Gasteiger partial charge < -0.3 is 4.90 Å². The molecule has 0 aromatic heterocycles. The van der Waals surface area contributed by atoms with Crippen LogP contribution in [0.25, 0.3) is 27.7 Å². The predicted molar refractivity (Wildman–Crippen MR) is 233 cm³/mol. The van der Waals surface area contributed by atoms with E-state index in [1.807, 2.05) is 23.1 Å². The highest BCUT2D eigenvalue weighted by atomic mass is 32.2. The monoisotopic (exact) mass is 725 g/mol. The maximum atomic E-state index is 2.44. The van der Waals surface area contributed by atoms with Gasteiger partial charge in [-0.25, -0.2) is 4.58 Å². The molecule has 52 heavy (non-hydrogen) atoms. The quantitative estimate of drug-likeness (QED) is 0.189. The van der Waals surface area contributed by atoms with Gasteiger partial charge in [0, 0.05) is 46.6 Å². The number of fused-ring (bicyclic) bond motifs is 2. The lowest BCUT2D eigenvalue weighted by Crippen LogP contribution is -2.21. The zero-order valence-electron chi connectivity index (χ0n) is 33.5. The molecule has 2 aromatic rings. The molecule has 4 heteroatoms. The number of aryl methyl sites for hydroxylation is 2. The zero-order chi connectivity index (χ0) is 37.5. The molecule has 0 saturated heterocycles. The second kappa shape index (κ2) is 14.9. The smallest absolute Gasteiger partial charge is 0.200 e. The first-order valence-corrected chi connectivity index (χ1v) is 20.3. The van der Waals surface area contributed by atoms with Crippen molar-refractivity contribution in [1.82, 2.24) is 4.58 Å². The highest BCUT2D eigenvalue weighted by Gasteiger charge is 2.26. The summed E-state index contributed by atoms with van der Waals surface area (Å²) in [6, 6.07) is 23.3. The Kier molecular flexibility index (Phi) is 10.8. The molecule has 0 fully saturated rings. The van der Waals surface area contributed by atoms with Gasteiger partial charge in [-0.3, -0.25) is 0 Å². The van der Waals surface area contributed by atoms with E-state index in [0.29, 0.717) is 0 Å². The van der Waals surface area contributed by atoms with Crippen molar-refractivity contribution in [3.63, 3.8) is 0 Å². The molecule has 2 heterocycles. The van der Waals surface area contributed by atoms with E-state index >= 15 is 0 Å². The average Bonchev–Trinajstić information content (AvgIpc) is 3.07. The summed E-state index contributed by atoms with van der Waals surface area (Å²) in [6.07, 6.45) is 15.4. The van der Waals surface area contributed by atoms with Crippen LogP contribution < -0.4 is 14.8 Å². The molecule has 0 radical (unpaired) electrons. The average molecular weight is 726 g/mol. The first-order chi connectivity index (χ1) is 24.5. The first kappa shape index (κ1) is 37.9. The molecule has 0 saturated carbocycles. The number of hydrogen-bond acceptors (Lipinski definition) is 3. The van der Waals surface area contributed by atoms with E-state index in [9.17, 15) is 0 Å². The second-order valence-corrected chi connectivity index (χ2v) is 19.3. The van der Waals surface area contributed by atoms with Gasteiger partial charge in [0.15, 0.2) is 0 Å². The molecule has 0 amide bonds. The van der Waals surface area contributed by atoms with Crippen LogP contribution in [0.15, 0.2) is 106 Å². The molecule has 2 aliphatic heterocycles. The number of benzene rings is 3. The minimum absolute atomic E-state index is 0.0684. The van der Waals surface area contributed by atoms with Crippen molar-refractivity contribution in [2.75, 3.05) is 33.1 Å². The van der Waals surface area contributed by atoms with Gasteiger partial charge >= 0.3 is 0 Å². The topological polar surface area (TPSA) is 6.25 Å². The van der Waals surface area contributed by atoms with E-state index in [4.69, 9.17) is 0 Å². The van der Waals surface area contributed by atoms with Crippen molar-refractivity contribution in [2.24, 2.45) is 5.41 Å². The van der Waals surface area contributed by atoms with Crippen molar-refractivity contribution in [3.05, 3.63) is 139 Å². The lowest BCUT2D eigenvalue weighted by atomic mass is 9.81. The Hall–Kier alpha value is -3.86. The fourth-order valence-electron chi connectivity index (χ4n) is 7.10. The SMILES string of the molecule is Cc1cc(C)cc(C2=C(/C=C/c3cc(C(C)(C)C)sc4cc(=[N+](C)C)ccc3-4)CCC/C2=C\C=C2/C=C(C(C)(C)C)Sc3cc(N(C)C)ccc32)c1. The van der Waals surface area contributed by atoms with E-state index in [0.717, 1.165) is 19.3 Å². The van der Waals surface area contributed by atoms with Gasteiger partial charge in [0.2, 0.25) is 5.36 Å². The Labute approximate surface area is 322 Å². The lowest BCUT2D eigenvalue weighted by Gasteiger charge is -2.29. The van der Waals surface area contributed by atoms with Crippen LogP contribution in [0.4, 0.5) is 5.69 Å². The molecular formula is C48H57N2S2+. The van der Waals surface area contributed by atoms with Crippen molar-refractivity contribution in [3.8, 4) is 10.4 Å². The summed E-state index contributed by atoms with van der Waals surface area (Å²) in [5.41, 5.74) is 14.8. The number of nitrogens with zero attached hydrogens (tertiary/aromatic N) is 2. The maximum Gasteiger partial charge on any atom is 0.200 e. The normalized spacial score (nSPS) is 17.0. The molecule has 4 aliphatic rings. The van der Waals surface area contributed by atoms with Crippen molar-refractivity contribution < 1.29 is 0 Å². The van der Waals surface area contributed by atoms with Gasteiger partial charge in [-0.2, -0.15) is 0 Å². The summed E-state index contributed by atoms with van der Waals surface area (Å²) in [5.74, 6) is 0. The van der Waals surface area contributed by atoms with E-state index < -0.39 is 0 Å². The van der Waals surface area contributed by atoms with E-state index in [1.54, 1.807) is 0 Å². The lowest BCUT2D eigenvalue weighted by molar-refractivity contribution is 0.533. The minimum Gasteiger partial charge on any atom is -0.378 e. The Balaban J connectivity index is 1.53. The summed E-state index contributed by atoms with van der Waals surface area (Å²) in [6.45, 7) is 18.4. The molecule has 0 N–H and O–H groups in total. The van der Waals surface area contributed by atoms with Gasteiger partial charge in [-0.15, -0.1) is 11.3 Å². The summed E-state index contributed by atoms with van der Waals surface area (Å²) in [4.78, 5) is 7.68. The van der Waals surface area contributed by atoms with Crippen LogP contribution in [-0.4, -0.2) is 28.2 Å². The Morgan fingerprint density at radius 2 is 1.46 bits per heavy atom. The van der Waals surface area contributed by atoms with Gasteiger partial charge in [0.1, 0.15) is 14.1 Å². The third-order valence-electron chi connectivity index (χ3n) is 10.0. The predicted octanol–water partition coefficient (Wildman–Crippen LogP) is 12.6. The number of hydrogen-bond donors (Lipinski definition) is 0. The molecule has 0 spiro atoms. The molecule has 2 aliphatic carbocycles. The number of allylic oxidation sites excluding steroid dienone is 9. The van der Waals surface area contributed by atoms with Gasteiger partial charge in [0.05, 0.1) is 0 Å². The summed E-state index contributed by atoms with van der Waals surface area (Å²) in [7, 11) is 8.49. The van der Waals surface area contributed by atoms with Gasteiger partial charge in [0.25, 0.3) is 0 Å². The van der Waals surface area contributed by atoms with Crippen LogP contribution in [0.3, 0.4) is 0 Å². The fourth-order valence-corrected chi connectivity index (χ4v) is 9.51. The third-order valence-corrected chi connectivity index (χ3v) is 13.1. The second-order valence-electron chi connectivity index (χ2n) is 17.1. The maximum absolute atomic E-state index is 2.44. The summed E-state index contributed by atoms with van der Waals surface area (Å²) >= 11 is 3.85. The summed E-state index contributed by atoms with van der Waals surface area (Å²) in [5, 5.41) is 1.24. The molecular weight excluding hydrogens is 669 g/mol. The van der Waals surface area contributed by atoms with Crippen molar-refractivity contribution in [1.29, 1.82) is 0 Å². The Bertz CT molecular complexity index is 2190. The van der Waals surface area contributed by atoms with E-state index in [1.165, 1.54) is 86.3 Å². The Morgan fingerprint density at radius 1 is 0.750 bits per heavy atom. The molecule has 6 rings (SSSR count). The summed E-state index contributed by atoms with van der Waals surface area (Å²) < 4.78 is 2.20. The standard InChI is InChI=1S/C48H57N2S2/c1-31-24-32(2)26-37(25-31)46-33(16-18-35-27-44(47(3,4)5)51-42-29-38(49(9)10)20-22-40(35)42)14-13-15-34(46)17-19-36-28-45(48(6,7)8)52-43-30-39(50(11)12)21-23-41(36)43/h16-30H,13-15H2,1-12H3/q+1. The van der Waals surface area contributed by atoms with Crippen LogP contribution in [0.2, 0.25) is 0 Å². The molecule has 270 valence electrons. The van der Waals surface area contributed by atoms with E-state index in [-0.39, 0.29) is 10.8 Å². The van der Waals surface area contributed by atoms with E-state index in [2.05, 4.69) is 184 Å². The Morgan fingerprint density at radius 3 is 2.12 bits per heavy atom. The molecule has 0 atom stereocenters. The molecule has 0 unspecified atom stereocenters. The molecule has 2 nitrogen and oxygen atoms in total. The highest BCUT2D eigenvalue weighted by molar-refractivity contribution is 8.03. The molecule has 0 bridgehead atoms. The number of rotatable bonds is 5.